The van der Waals surface area contributed by atoms with Crippen LogP contribution in [0.2, 0.25) is 0 Å². The Morgan fingerprint density at radius 3 is 2.52 bits per heavy atom. The van der Waals surface area contributed by atoms with E-state index in [0.29, 0.717) is 6.61 Å². The molecule has 0 amide bonds. The molecule has 0 fully saturated rings. The summed E-state index contributed by atoms with van der Waals surface area (Å²) in [4.78, 5) is 0. The Morgan fingerprint density at radius 1 is 1.10 bits per heavy atom. The van der Waals surface area contributed by atoms with E-state index in [1.54, 1.807) is 0 Å². The molecule has 0 aliphatic heterocycles. The average Bonchev–Trinajstić information content (AvgIpc) is 2.52. The SMILES string of the molecule is CCCCc1ccc(OCc2cccc(C(=N)N)c2)cc1. The molecule has 0 heterocycles. The summed E-state index contributed by atoms with van der Waals surface area (Å²) in [6.45, 7) is 2.68. The number of benzene rings is 2. The van der Waals surface area contributed by atoms with E-state index in [1.165, 1.54) is 18.4 Å². The minimum Gasteiger partial charge on any atom is -0.489 e. The van der Waals surface area contributed by atoms with Gasteiger partial charge in [0.25, 0.3) is 0 Å². The maximum absolute atomic E-state index is 7.44. The summed E-state index contributed by atoms with van der Waals surface area (Å²) in [7, 11) is 0. The highest BCUT2D eigenvalue weighted by molar-refractivity contribution is 5.95. The van der Waals surface area contributed by atoms with Crippen LogP contribution in [0.25, 0.3) is 0 Å². The molecule has 21 heavy (non-hydrogen) atoms. The molecule has 3 heteroatoms. The fraction of sp³-hybridized carbons (Fsp3) is 0.278. The van der Waals surface area contributed by atoms with Crippen LogP contribution in [-0.2, 0) is 13.0 Å². The predicted octanol–water partition coefficient (Wildman–Crippen LogP) is 3.89. The molecule has 2 aromatic carbocycles. The van der Waals surface area contributed by atoms with Crippen molar-refractivity contribution in [2.45, 2.75) is 32.8 Å². The number of hydrogen-bond acceptors (Lipinski definition) is 2. The average molecular weight is 282 g/mol. The first-order chi connectivity index (χ1) is 10.2. The van der Waals surface area contributed by atoms with Crippen LogP contribution in [0.3, 0.4) is 0 Å². The van der Waals surface area contributed by atoms with E-state index >= 15 is 0 Å². The van der Waals surface area contributed by atoms with Gasteiger partial charge in [0.2, 0.25) is 0 Å². The lowest BCUT2D eigenvalue weighted by Gasteiger charge is -2.08. The van der Waals surface area contributed by atoms with Crippen molar-refractivity contribution < 1.29 is 4.74 Å². The highest BCUT2D eigenvalue weighted by Gasteiger charge is 2.00. The zero-order chi connectivity index (χ0) is 15.1. The van der Waals surface area contributed by atoms with Gasteiger partial charge in [0.05, 0.1) is 0 Å². The van der Waals surface area contributed by atoms with Gasteiger partial charge in [-0.1, -0.05) is 43.7 Å². The van der Waals surface area contributed by atoms with Crippen LogP contribution < -0.4 is 10.5 Å². The number of hydrogen-bond donors (Lipinski definition) is 2. The quantitative estimate of drug-likeness (QED) is 0.598. The fourth-order valence-electron chi connectivity index (χ4n) is 2.13. The number of ether oxygens (including phenoxy) is 1. The van der Waals surface area contributed by atoms with Crippen molar-refractivity contribution in [2.75, 3.05) is 0 Å². The largest absolute Gasteiger partial charge is 0.489 e. The second-order valence-corrected chi connectivity index (χ2v) is 5.15. The smallest absolute Gasteiger partial charge is 0.122 e. The highest BCUT2D eigenvalue weighted by atomic mass is 16.5. The number of rotatable bonds is 7. The minimum atomic E-state index is 0.0807. The fourth-order valence-corrected chi connectivity index (χ4v) is 2.13. The maximum atomic E-state index is 7.44. The second kappa shape index (κ2) is 7.48. The molecule has 0 saturated carbocycles. The molecule has 2 aromatic rings. The first-order valence-corrected chi connectivity index (χ1v) is 7.34. The van der Waals surface area contributed by atoms with Gasteiger partial charge in [-0.2, -0.15) is 0 Å². The van der Waals surface area contributed by atoms with Crippen molar-refractivity contribution >= 4 is 5.84 Å². The van der Waals surface area contributed by atoms with E-state index in [4.69, 9.17) is 15.9 Å². The van der Waals surface area contributed by atoms with Gasteiger partial charge >= 0.3 is 0 Å². The van der Waals surface area contributed by atoms with Crippen LogP contribution >= 0.6 is 0 Å². The summed E-state index contributed by atoms with van der Waals surface area (Å²) in [6.07, 6.45) is 3.56. The Bertz CT molecular complexity index is 590. The topological polar surface area (TPSA) is 59.1 Å². The lowest BCUT2D eigenvalue weighted by Crippen LogP contribution is -2.11. The molecular formula is C18H22N2O. The first kappa shape index (κ1) is 15.1. The third kappa shape index (κ3) is 4.63. The van der Waals surface area contributed by atoms with E-state index in [-0.39, 0.29) is 5.84 Å². The Kier molecular flexibility index (Phi) is 5.38. The summed E-state index contributed by atoms with van der Waals surface area (Å²) in [6, 6.07) is 15.9. The van der Waals surface area contributed by atoms with E-state index in [2.05, 4.69) is 19.1 Å². The van der Waals surface area contributed by atoms with E-state index in [9.17, 15) is 0 Å². The second-order valence-electron chi connectivity index (χ2n) is 5.15. The number of nitrogen functional groups attached to an aromatic ring is 1. The highest BCUT2D eigenvalue weighted by Crippen LogP contribution is 2.16. The zero-order valence-electron chi connectivity index (χ0n) is 12.4. The van der Waals surface area contributed by atoms with Crippen LogP contribution in [0, 0.1) is 5.41 Å². The molecule has 3 N–H and O–H groups in total. The van der Waals surface area contributed by atoms with Crippen LogP contribution in [0.1, 0.15) is 36.5 Å². The zero-order valence-corrected chi connectivity index (χ0v) is 12.4. The molecule has 0 aliphatic rings. The number of amidine groups is 1. The summed E-state index contributed by atoms with van der Waals surface area (Å²) in [5.41, 5.74) is 8.58. The van der Waals surface area contributed by atoms with E-state index < -0.39 is 0 Å². The molecule has 0 unspecified atom stereocenters. The number of unbranched alkanes of at least 4 members (excludes halogenated alkanes) is 1. The molecule has 110 valence electrons. The molecule has 3 nitrogen and oxygen atoms in total. The molecule has 0 radical (unpaired) electrons. The minimum absolute atomic E-state index is 0.0807. The van der Waals surface area contributed by atoms with Gasteiger partial charge in [0, 0.05) is 5.56 Å². The third-order valence-corrected chi connectivity index (χ3v) is 3.39. The monoisotopic (exact) mass is 282 g/mol. The number of aryl methyl sites for hydroxylation is 1. The summed E-state index contributed by atoms with van der Waals surface area (Å²) >= 11 is 0. The third-order valence-electron chi connectivity index (χ3n) is 3.39. The first-order valence-electron chi connectivity index (χ1n) is 7.34. The van der Waals surface area contributed by atoms with E-state index in [1.807, 2.05) is 36.4 Å². The van der Waals surface area contributed by atoms with Crippen molar-refractivity contribution in [2.24, 2.45) is 5.73 Å². The van der Waals surface area contributed by atoms with Crippen LogP contribution in [-0.4, -0.2) is 5.84 Å². The van der Waals surface area contributed by atoms with Gasteiger partial charge in [-0.15, -0.1) is 0 Å². The molecule has 0 aliphatic carbocycles. The molecule has 0 atom stereocenters. The summed E-state index contributed by atoms with van der Waals surface area (Å²) in [5, 5.41) is 7.44. The number of nitrogens with one attached hydrogen (secondary N) is 1. The standard InChI is InChI=1S/C18H22N2O/c1-2-3-5-14-8-10-17(11-9-14)21-13-15-6-4-7-16(12-15)18(19)20/h4,6-12H,2-3,5,13H2,1H3,(H3,19,20). The van der Waals surface area contributed by atoms with Gasteiger partial charge < -0.3 is 10.5 Å². The van der Waals surface area contributed by atoms with Crippen molar-refractivity contribution in [1.82, 2.24) is 0 Å². The molecule has 2 rings (SSSR count). The van der Waals surface area contributed by atoms with Crippen LogP contribution in [0.4, 0.5) is 0 Å². The Hall–Kier alpha value is -2.29. The van der Waals surface area contributed by atoms with Crippen molar-refractivity contribution in [1.29, 1.82) is 5.41 Å². The van der Waals surface area contributed by atoms with Gasteiger partial charge in [0.1, 0.15) is 18.2 Å². The Morgan fingerprint density at radius 2 is 1.86 bits per heavy atom. The van der Waals surface area contributed by atoms with Gasteiger partial charge in [0.15, 0.2) is 0 Å². The molecule has 0 saturated heterocycles. The van der Waals surface area contributed by atoms with Gasteiger partial charge in [-0.05, 0) is 42.2 Å². The molecular weight excluding hydrogens is 260 g/mol. The van der Waals surface area contributed by atoms with Crippen LogP contribution in [0.15, 0.2) is 48.5 Å². The lowest BCUT2D eigenvalue weighted by atomic mass is 10.1. The van der Waals surface area contributed by atoms with Crippen molar-refractivity contribution in [3.8, 4) is 5.75 Å². The Balaban J connectivity index is 1.93. The molecule has 0 aromatic heterocycles. The van der Waals surface area contributed by atoms with Gasteiger partial charge in [-0.3, -0.25) is 5.41 Å². The molecule has 0 bridgehead atoms. The summed E-state index contributed by atoms with van der Waals surface area (Å²) in [5.74, 6) is 0.945. The van der Waals surface area contributed by atoms with Gasteiger partial charge in [-0.25, -0.2) is 0 Å². The van der Waals surface area contributed by atoms with Crippen molar-refractivity contribution in [3.63, 3.8) is 0 Å². The number of nitrogens with two attached hydrogens (primary N) is 1. The van der Waals surface area contributed by atoms with E-state index in [0.717, 1.165) is 23.3 Å². The lowest BCUT2D eigenvalue weighted by molar-refractivity contribution is 0.306. The van der Waals surface area contributed by atoms with Crippen LogP contribution in [0.5, 0.6) is 5.75 Å². The summed E-state index contributed by atoms with van der Waals surface area (Å²) < 4.78 is 5.77. The Labute approximate surface area is 126 Å². The normalized spacial score (nSPS) is 10.3. The molecule has 0 spiro atoms. The van der Waals surface area contributed by atoms with Crippen molar-refractivity contribution in [3.05, 3.63) is 65.2 Å². The predicted molar refractivity (Wildman–Crippen MR) is 86.8 cm³/mol. The maximum Gasteiger partial charge on any atom is 0.122 e.